The molecule has 0 aliphatic rings. The third-order valence-corrected chi connectivity index (χ3v) is 3.20. The fourth-order valence-electron chi connectivity index (χ4n) is 2.17. The minimum atomic E-state index is -0.0635. The molecule has 0 spiro atoms. The number of aromatic nitrogens is 1. The summed E-state index contributed by atoms with van der Waals surface area (Å²) in [6, 6.07) is 14.8. The molecule has 4 heteroatoms. The Morgan fingerprint density at radius 1 is 1.10 bits per heavy atom. The summed E-state index contributed by atoms with van der Waals surface area (Å²) in [4.78, 5) is 15.7. The van der Waals surface area contributed by atoms with Crippen LogP contribution in [0.25, 0.3) is 10.9 Å². The summed E-state index contributed by atoms with van der Waals surface area (Å²) in [5.74, 6) is 1.14. The van der Waals surface area contributed by atoms with Gasteiger partial charge in [0.05, 0.1) is 11.7 Å². The van der Waals surface area contributed by atoms with Crippen LogP contribution in [0.1, 0.15) is 17.3 Å². The number of ketones is 1. The summed E-state index contributed by atoms with van der Waals surface area (Å²) in [5.41, 5.74) is 7.67. The van der Waals surface area contributed by atoms with Crippen LogP contribution in [0.4, 0.5) is 5.69 Å². The number of hydrogen-bond acceptors (Lipinski definition) is 4. The Hall–Kier alpha value is -2.88. The lowest BCUT2D eigenvalue weighted by Gasteiger charge is -2.08. The van der Waals surface area contributed by atoms with Crippen LogP contribution >= 0.6 is 0 Å². The highest BCUT2D eigenvalue weighted by molar-refractivity contribution is 5.99. The highest BCUT2D eigenvalue weighted by atomic mass is 16.5. The molecule has 4 nitrogen and oxygen atoms in total. The highest BCUT2D eigenvalue weighted by Gasteiger charge is 2.07. The molecule has 1 aromatic heterocycles. The standard InChI is InChI=1S/C17H14N2O2/c1-11(20)15-7-6-13(9-16(15)18)21-14-8-12-4-2-3-5-17(12)19-10-14/h2-10H,18H2,1H3. The van der Waals surface area contributed by atoms with Gasteiger partial charge in [-0.2, -0.15) is 0 Å². The summed E-state index contributed by atoms with van der Waals surface area (Å²) in [6.07, 6.45) is 1.66. The third kappa shape index (κ3) is 2.69. The zero-order valence-corrected chi connectivity index (χ0v) is 11.5. The number of para-hydroxylation sites is 1. The summed E-state index contributed by atoms with van der Waals surface area (Å²) in [7, 11) is 0. The number of Topliss-reactive ketones (excluding diaryl/α,β-unsaturated/α-hetero) is 1. The molecule has 0 saturated carbocycles. The summed E-state index contributed by atoms with van der Waals surface area (Å²) in [5, 5.41) is 1.00. The van der Waals surface area contributed by atoms with Crippen LogP contribution in [-0.2, 0) is 0 Å². The topological polar surface area (TPSA) is 65.2 Å². The van der Waals surface area contributed by atoms with E-state index < -0.39 is 0 Å². The fraction of sp³-hybridized carbons (Fsp3) is 0.0588. The van der Waals surface area contributed by atoms with Gasteiger partial charge >= 0.3 is 0 Å². The number of pyridine rings is 1. The molecule has 0 amide bonds. The second-order valence-corrected chi connectivity index (χ2v) is 4.77. The molecule has 0 unspecified atom stereocenters. The van der Waals surface area contributed by atoms with E-state index in [1.54, 1.807) is 24.4 Å². The Bertz CT molecular complexity index is 828. The largest absolute Gasteiger partial charge is 0.456 e. The van der Waals surface area contributed by atoms with Gasteiger partial charge in [0.1, 0.15) is 11.5 Å². The van der Waals surface area contributed by atoms with E-state index in [9.17, 15) is 4.79 Å². The van der Waals surface area contributed by atoms with Crippen molar-refractivity contribution in [1.29, 1.82) is 0 Å². The van der Waals surface area contributed by atoms with Gasteiger partial charge < -0.3 is 10.5 Å². The molecule has 2 N–H and O–H groups in total. The number of nitrogens with two attached hydrogens (primary N) is 1. The molecule has 0 aliphatic heterocycles. The first kappa shape index (κ1) is 13.1. The minimum absolute atomic E-state index is 0.0635. The first-order chi connectivity index (χ1) is 10.1. The normalized spacial score (nSPS) is 10.5. The van der Waals surface area contributed by atoms with Crippen molar-refractivity contribution < 1.29 is 9.53 Å². The Kier molecular flexibility index (Phi) is 3.28. The van der Waals surface area contributed by atoms with Gasteiger partial charge in [0.15, 0.2) is 5.78 Å². The minimum Gasteiger partial charge on any atom is -0.456 e. The third-order valence-electron chi connectivity index (χ3n) is 3.20. The van der Waals surface area contributed by atoms with Gasteiger partial charge in [0.2, 0.25) is 0 Å². The average Bonchev–Trinajstić information content (AvgIpc) is 2.47. The van der Waals surface area contributed by atoms with Crippen LogP contribution in [0, 0.1) is 0 Å². The second kappa shape index (κ2) is 5.25. The lowest BCUT2D eigenvalue weighted by Crippen LogP contribution is -1.99. The average molecular weight is 278 g/mol. The fourth-order valence-corrected chi connectivity index (χ4v) is 2.17. The number of anilines is 1. The molecular formula is C17H14N2O2. The molecule has 104 valence electrons. The first-order valence-corrected chi connectivity index (χ1v) is 6.56. The maximum absolute atomic E-state index is 11.4. The SMILES string of the molecule is CC(=O)c1ccc(Oc2cnc3ccccc3c2)cc1N. The maximum Gasteiger partial charge on any atom is 0.161 e. The molecule has 3 aromatic rings. The number of fused-ring (bicyclic) bond motifs is 1. The number of carbonyl (C=O) groups excluding carboxylic acids is 1. The number of ether oxygens (including phenoxy) is 1. The van der Waals surface area contributed by atoms with Crippen molar-refractivity contribution >= 4 is 22.4 Å². The lowest BCUT2D eigenvalue weighted by molar-refractivity contribution is 0.101. The molecule has 1 heterocycles. The van der Waals surface area contributed by atoms with E-state index in [0.717, 1.165) is 10.9 Å². The number of rotatable bonds is 3. The lowest BCUT2D eigenvalue weighted by atomic mass is 10.1. The summed E-state index contributed by atoms with van der Waals surface area (Å²) >= 11 is 0. The molecule has 0 atom stereocenters. The van der Waals surface area contributed by atoms with E-state index in [2.05, 4.69) is 4.98 Å². The predicted octanol–water partition coefficient (Wildman–Crippen LogP) is 3.81. The smallest absolute Gasteiger partial charge is 0.161 e. The number of nitrogens with zero attached hydrogens (tertiary/aromatic N) is 1. The van der Waals surface area contributed by atoms with Crippen molar-refractivity contribution in [2.24, 2.45) is 0 Å². The molecule has 0 aliphatic carbocycles. The number of hydrogen-bond donors (Lipinski definition) is 1. The molecule has 0 fully saturated rings. The summed E-state index contributed by atoms with van der Waals surface area (Å²) < 4.78 is 5.75. The van der Waals surface area contributed by atoms with E-state index in [0.29, 0.717) is 22.7 Å². The zero-order chi connectivity index (χ0) is 14.8. The van der Waals surface area contributed by atoms with Crippen molar-refractivity contribution in [2.45, 2.75) is 6.92 Å². The van der Waals surface area contributed by atoms with Crippen molar-refractivity contribution in [3.8, 4) is 11.5 Å². The van der Waals surface area contributed by atoms with Gasteiger partial charge in [-0.1, -0.05) is 18.2 Å². The quantitative estimate of drug-likeness (QED) is 0.584. The van der Waals surface area contributed by atoms with Crippen molar-refractivity contribution in [3.63, 3.8) is 0 Å². The van der Waals surface area contributed by atoms with Crippen LogP contribution in [0.15, 0.2) is 54.7 Å². The zero-order valence-electron chi connectivity index (χ0n) is 11.5. The monoisotopic (exact) mass is 278 g/mol. The molecule has 0 saturated heterocycles. The molecular weight excluding hydrogens is 264 g/mol. The van der Waals surface area contributed by atoms with Crippen LogP contribution < -0.4 is 10.5 Å². The van der Waals surface area contributed by atoms with Crippen LogP contribution in [0.5, 0.6) is 11.5 Å². The van der Waals surface area contributed by atoms with E-state index >= 15 is 0 Å². The number of benzene rings is 2. The van der Waals surface area contributed by atoms with Gasteiger partial charge in [-0.05, 0) is 31.2 Å². The van der Waals surface area contributed by atoms with Crippen molar-refractivity contribution in [2.75, 3.05) is 5.73 Å². The van der Waals surface area contributed by atoms with Gasteiger partial charge in [-0.25, -0.2) is 0 Å². The van der Waals surface area contributed by atoms with Crippen LogP contribution in [0.2, 0.25) is 0 Å². The van der Waals surface area contributed by atoms with Gasteiger partial charge in [0.25, 0.3) is 0 Å². The van der Waals surface area contributed by atoms with E-state index in [1.165, 1.54) is 6.92 Å². The molecule has 21 heavy (non-hydrogen) atoms. The Labute approximate surface area is 122 Å². The van der Waals surface area contributed by atoms with Gasteiger partial charge in [-0.3, -0.25) is 9.78 Å². The molecule has 0 bridgehead atoms. The second-order valence-electron chi connectivity index (χ2n) is 4.77. The number of nitrogen functional groups attached to an aromatic ring is 1. The van der Waals surface area contributed by atoms with E-state index in [-0.39, 0.29) is 5.78 Å². The highest BCUT2D eigenvalue weighted by Crippen LogP contribution is 2.27. The maximum atomic E-state index is 11.4. The van der Waals surface area contributed by atoms with E-state index in [4.69, 9.17) is 10.5 Å². The van der Waals surface area contributed by atoms with Crippen molar-refractivity contribution in [1.82, 2.24) is 4.98 Å². The Morgan fingerprint density at radius 2 is 1.90 bits per heavy atom. The van der Waals surface area contributed by atoms with Crippen LogP contribution in [0.3, 0.4) is 0 Å². The van der Waals surface area contributed by atoms with E-state index in [1.807, 2.05) is 30.3 Å². The Balaban J connectivity index is 1.91. The van der Waals surface area contributed by atoms with Gasteiger partial charge in [0, 0.05) is 22.7 Å². The molecule has 3 rings (SSSR count). The summed E-state index contributed by atoms with van der Waals surface area (Å²) in [6.45, 7) is 1.49. The van der Waals surface area contributed by atoms with Gasteiger partial charge in [-0.15, -0.1) is 0 Å². The van der Waals surface area contributed by atoms with Crippen molar-refractivity contribution in [3.05, 3.63) is 60.3 Å². The van der Waals surface area contributed by atoms with Crippen LogP contribution in [-0.4, -0.2) is 10.8 Å². The Morgan fingerprint density at radius 3 is 2.67 bits per heavy atom. The molecule has 2 aromatic carbocycles. The predicted molar refractivity (Wildman–Crippen MR) is 82.7 cm³/mol. The molecule has 0 radical (unpaired) electrons. The first-order valence-electron chi connectivity index (χ1n) is 6.56. The number of carbonyl (C=O) groups is 1.